The molecule has 1 aliphatic heterocycles. The molecule has 1 heteroatoms. The Morgan fingerprint density at radius 3 is 2.43 bits per heavy atom. The first-order valence-electron chi connectivity index (χ1n) is 8.52. The largest absolute Gasteiger partial charge is 0.383 e. The Hall–Kier alpha value is -0.980. The molecule has 0 saturated carbocycles. The van der Waals surface area contributed by atoms with Gasteiger partial charge in [0.05, 0.1) is 0 Å². The van der Waals surface area contributed by atoms with Crippen molar-refractivity contribution in [3.63, 3.8) is 0 Å². The van der Waals surface area contributed by atoms with E-state index in [0.29, 0.717) is 23.7 Å². The van der Waals surface area contributed by atoms with Gasteiger partial charge >= 0.3 is 0 Å². The van der Waals surface area contributed by atoms with Crippen molar-refractivity contribution in [1.82, 2.24) is 5.32 Å². The predicted octanol–water partition coefficient (Wildman–Crippen LogP) is 5.32. The minimum absolute atomic E-state index is 0.123. The van der Waals surface area contributed by atoms with Crippen LogP contribution in [0, 0.1) is 29.1 Å². The summed E-state index contributed by atoms with van der Waals surface area (Å²) >= 11 is 0. The number of hydrogen-bond acceptors (Lipinski definition) is 1. The third-order valence-corrected chi connectivity index (χ3v) is 5.33. The number of allylic oxidation sites excluding steroid dienone is 6. The van der Waals surface area contributed by atoms with Crippen molar-refractivity contribution in [3.8, 4) is 0 Å². The van der Waals surface area contributed by atoms with Gasteiger partial charge in [-0.1, -0.05) is 58.9 Å². The SMILES string of the molecule is CC(C)C=CC1(C)C2CC=CC=C2NC(C)(C)C1C(C)C. The molecule has 0 aromatic carbocycles. The molecular weight excluding hydrogens is 254 g/mol. The highest BCUT2D eigenvalue weighted by Gasteiger charge is 2.53. The number of rotatable bonds is 3. The van der Waals surface area contributed by atoms with Crippen LogP contribution in [0.1, 0.15) is 54.9 Å². The lowest BCUT2D eigenvalue weighted by molar-refractivity contribution is 0.0168. The molecule has 1 N–H and O–H groups in total. The van der Waals surface area contributed by atoms with Crippen molar-refractivity contribution in [2.45, 2.75) is 60.4 Å². The zero-order valence-electron chi connectivity index (χ0n) is 14.9. The maximum Gasteiger partial charge on any atom is 0.0353 e. The molecule has 1 saturated heterocycles. The van der Waals surface area contributed by atoms with E-state index in [1.807, 2.05) is 0 Å². The van der Waals surface area contributed by atoms with Gasteiger partial charge in [-0.25, -0.2) is 0 Å². The van der Waals surface area contributed by atoms with E-state index >= 15 is 0 Å². The average molecular weight is 287 g/mol. The smallest absolute Gasteiger partial charge is 0.0353 e. The van der Waals surface area contributed by atoms with Crippen LogP contribution in [0.4, 0.5) is 0 Å². The molecule has 1 aliphatic carbocycles. The Morgan fingerprint density at radius 1 is 1.19 bits per heavy atom. The van der Waals surface area contributed by atoms with Crippen LogP contribution in [-0.4, -0.2) is 5.54 Å². The van der Waals surface area contributed by atoms with Gasteiger partial charge in [0.15, 0.2) is 0 Å². The summed E-state index contributed by atoms with van der Waals surface area (Å²) in [6.45, 7) is 16.5. The van der Waals surface area contributed by atoms with E-state index in [-0.39, 0.29) is 11.0 Å². The molecule has 0 bridgehead atoms. The number of nitrogens with one attached hydrogen (secondary N) is 1. The lowest BCUT2D eigenvalue weighted by atomic mass is 9.53. The van der Waals surface area contributed by atoms with E-state index in [9.17, 15) is 0 Å². The van der Waals surface area contributed by atoms with Gasteiger partial charge in [0, 0.05) is 17.2 Å². The molecule has 0 spiro atoms. The summed E-state index contributed by atoms with van der Waals surface area (Å²) in [7, 11) is 0. The minimum atomic E-state index is 0.123. The van der Waals surface area contributed by atoms with Crippen molar-refractivity contribution in [2.24, 2.45) is 29.1 Å². The molecule has 1 fully saturated rings. The summed E-state index contributed by atoms with van der Waals surface area (Å²) in [4.78, 5) is 0. The molecule has 21 heavy (non-hydrogen) atoms. The van der Waals surface area contributed by atoms with Crippen LogP contribution in [-0.2, 0) is 0 Å². The molecule has 0 aromatic rings. The molecule has 3 unspecified atom stereocenters. The fourth-order valence-corrected chi connectivity index (χ4v) is 4.96. The summed E-state index contributed by atoms with van der Waals surface area (Å²) in [5.74, 6) is 2.47. The molecular formula is C20H33N. The van der Waals surface area contributed by atoms with Crippen molar-refractivity contribution in [1.29, 1.82) is 0 Å². The first kappa shape index (κ1) is 16.4. The van der Waals surface area contributed by atoms with E-state index in [4.69, 9.17) is 0 Å². The first-order valence-corrected chi connectivity index (χ1v) is 8.52. The molecule has 3 atom stereocenters. The lowest BCUT2D eigenvalue weighted by Gasteiger charge is -2.58. The van der Waals surface area contributed by atoms with Gasteiger partial charge in [0.1, 0.15) is 0 Å². The maximum atomic E-state index is 3.84. The van der Waals surface area contributed by atoms with Gasteiger partial charge in [0.2, 0.25) is 0 Å². The summed E-state index contributed by atoms with van der Waals surface area (Å²) in [6.07, 6.45) is 12.9. The van der Waals surface area contributed by atoms with Crippen molar-refractivity contribution < 1.29 is 0 Å². The van der Waals surface area contributed by atoms with E-state index in [1.165, 1.54) is 5.70 Å². The molecule has 118 valence electrons. The van der Waals surface area contributed by atoms with Crippen molar-refractivity contribution in [2.75, 3.05) is 0 Å². The highest BCUT2D eigenvalue weighted by Crippen LogP contribution is 2.54. The van der Waals surface area contributed by atoms with E-state index in [0.717, 1.165) is 6.42 Å². The first-order chi connectivity index (χ1) is 9.68. The summed E-state index contributed by atoms with van der Waals surface area (Å²) < 4.78 is 0. The van der Waals surface area contributed by atoms with E-state index in [2.05, 4.69) is 84.2 Å². The van der Waals surface area contributed by atoms with Crippen LogP contribution in [0.3, 0.4) is 0 Å². The Morgan fingerprint density at radius 2 is 1.86 bits per heavy atom. The van der Waals surface area contributed by atoms with Crippen LogP contribution < -0.4 is 5.32 Å². The quantitative estimate of drug-likeness (QED) is 0.693. The molecule has 0 amide bonds. The lowest BCUT2D eigenvalue weighted by Crippen LogP contribution is -2.61. The zero-order chi connectivity index (χ0) is 15.8. The van der Waals surface area contributed by atoms with Crippen LogP contribution in [0.5, 0.6) is 0 Å². The third kappa shape index (κ3) is 2.98. The molecule has 1 nitrogen and oxygen atoms in total. The van der Waals surface area contributed by atoms with E-state index < -0.39 is 0 Å². The fraction of sp³-hybridized carbons (Fsp3) is 0.700. The van der Waals surface area contributed by atoms with Crippen LogP contribution in [0.25, 0.3) is 0 Å². The Bertz CT molecular complexity index is 464. The number of piperidine rings is 1. The third-order valence-electron chi connectivity index (χ3n) is 5.33. The molecule has 0 radical (unpaired) electrons. The number of fused-ring (bicyclic) bond motifs is 1. The summed E-state index contributed by atoms with van der Waals surface area (Å²) in [5.41, 5.74) is 1.76. The molecule has 2 aliphatic rings. The second kappa shape index (κ2) is 5.66. The van der Waals surface area contributed by atoms with Crippen LogP contribution in [0.2, 0.25) is 0 Å². The highest BCUT2D eigenvalue weighted by molar-refractivity contribution is 5.31. The van der Waals surface area contributed by atoms with Crippen LogP contribution in [0.15, 0.2) is 36.1 Å². The zero-order valence-corrected chi connectivity index (χ0v) is 14.9. The highest BCUT2D eigenvalue weighted by atomic mass is 15.0. The van der Waals surface area contributed by atoms with Crippen molar-refractivity contribution >= 4 is 0 Å². The second-order valence-corrected chi connectivity index (χ2v) is 8.38. The average Bonchev–Trinajstić information content (AvgIpc) is 2.34. The summed E-state index contributed by atoms with van der Waals surface area (Å²) in [6, 6.07) is 0. The van der Waals surface area contributed by atoms with Gasteiger partial charge in [-0.05, 0) is 49.5 Å². The van der Waals surface area contributed by atoms with Gasteiger partial charge in [0.25, 0.3) is 0 Å². The Kier molecular flexibility index (Phi) is 4.42. The Balaban J connectivity index is 2.51. The van der Waals surface area contributed by atoms with Gasteiger partial charge in [-0.2, -0.15) is 0 Å². The molecule has 1 heterocycles. The molecule has 0 aromatic heterocycles. The van der Waals surface area contributed by atoms with Gasteiger partial charge in [-0.15, -0.1) is 0 Å². The fourth-order valence-electron chi connectivity index (χ4n) is 4.96. The second-order valence-electron chi connectivity index (χ2n) is 8.38. The number of hydrogen-bond donors (Lipinski definition) is 1. The summed E-state index contributed by atoms with van der Waals surface area (Å²) in [5, 5.41) is 3.84. The monoisotopic (exact) mass is 287 g/mol. The molecule has 2 rings (SSSR count). The normalized spacial score (nSPS) is 35.0. The van der Waals surface area contributed by atoms with Gasteiger partial charge in [-0.3, -0.25) is 0 Å². The maximum absolute atomic E-state index is 3.84. The van der Waals surface area contributed by atoms with Crippen molar-refractivity contribution in [3.05, 3.63) is 36.1 Å². The Labute approximate surface area is 131 Å². The van der Waals surface area contributed by atoms with E-state index in [1.54, 1.807) is 0 Å². The minimum Gasteiger partial charge on any atom is -0.383 e. The van der Waals surface area contributed by atoms with Gasteiger partial charge < -0.3 is 5.32 Å². The standard InChI is InChI=1S/C20H33N/c1-14(2)12-13-20(7)16-10-8-9-11-17(16)21-19(5,6)18(20)15(3)4/h8-9,11-16,18,21H,10H2,1-7H3. The topological polar surface area (TPSA) is 12.0 Å². The predicted molar refractivity (Wildman–Crippen MR) is 93.0 cm³/mol. The van der Waals surface area contributed by atoms with Crippen LogP contribution >= 0.6 is 0 Å².